The van der Waals surface area contributed by atoms with E-state index in [0.29, 0.717) is 11.3 Å². The Balaban J connectivity index is 2.89. The van der Waals surface area contributed by atoms with Gasteiger partial charge in [-0.3, -0.25) is 4.98 Å². The zero-order valence-corrected chi connectivity index (χ0v) is 6.23. The van der Waals surface area contributed by atoms with E-state index in [0.717, 1.165) is 6.08 Å². The van der Waals surface area contributed by atoms with Crippen molar-refractivity contribution in [2.45, 2.75) is 0 Å². The lowest BCUT2D eigenvalue weighted by molar-refractivity contribution is -0.297. The maximum absolute atomic E-state index is 10.0. The Morgan fingerprint density at radius 1 is 1.67 bits per heavy atom. The van der Waals surface area contributed by atoms with Crippen LogP contribution in [0.3, 0.4) is 0 Å². The first kappa shape index (κ1) is 8.26. The van der Waals surface area contributed by atoms with E-state index in [-0.39, 0.29) is 0 Å². The summed E-state index contributed by atoms with van der Waals surface area (Å²) in [6, 6.07) is 1.59. The molecular formula is C8H7N2O2-. The number of aliphatic carboxylic acids is 1. The van der Waals surface area contributed by atoms with Gasteiger partial charge in [-0.05, 0) is 18.2 Å². The number of rotatable bonds is 2. The zero-order chi connectivity index (χ0) is 8.97. The van der Waals surface area contributed by atoms with Gasteiger partial charge < -0.3 is 15.6 Å². The van der Waals surface area contributed by atoms with Gasteiger partial charge in [0.15, 0.2) is 0 Å². The molecule has 12 heavy (non-hydrogen) atoms. The minimum atomic E-state index is -1.25. The summed E-state index contributed by atoms with van der Waals surface area (Å²) in [5, 5.41) is 10.0. The molecule has 0 radical (unpaired) electrons. The predicted molar refractivity (Wildman–Crippen MR) is 42.7 cm³/mol. The fourth-order valence-electron chi connectivity index (χ4n) is 0.715. The van der Waals surface area contributed by atoms with Crippen LogP contribution in [-0.2, 0) is 4.79 Å². The topological polar surface area (TPSA) is 79.0 Å². The SMILES string of the molecule is Nc1ccncc1C=CC(=O)[O-]. The normalized spacial score (nSPS) is 10.3. The van der Waals surface area contributed by atoms with E-state index in [1.165, 1.54) is 18.5 Å². The van der Waals surface area contributed by atoms with E-state index >= 15 is 0 Å². The van der Waals surface area contributed by atoms with Crippen molar-refractivity contribution < 1.29 is 9.90 Å². The number of hydrogen-bond donors (Lipinski definition) is 1. The largest absolute Gasteiger partial charge is 0.545 e. The number of carboxylic acids is 1. The van der Waals surface area contributed by atoms with Gasteiger partial charge in [0.25, 0.3) is 0 Å². The molecule has 0 bridgehead atoms. The number of aromatic nitrogens is 1. The molecule has 1 aromatic heterocycles. The number of carbonyl (C=O) groups excluding carboxylic acids is 1. The highest BCUT2D eigenvalue weighted by atomic mass is 16.4. The lowest BCUT2D eigenvalue weighted by Crippen LogP contribution is -2.18. The first-order valence-electron chi connectivity index (χ1n) is 3.28. The van der Waals surface area contributed by atoms with Gasteiger partial charge in [-0.15, -0.1) is 0 Å². The van der Waals surface area contributed by atoms with Crippen molar-refractivity contribution in [3.63, 3.8) is 0 Å². The lowest BCUT2D eigenvalue weighted by atomic mass is 10.2. The molecule has 0 saturated carbocycles. The number of nitrogens with two attached hydrogens (primary N) is 1. The van der Waals surface area contributed by atoms with Crippen LogP contribution in [0.5, 0.6) is 0 Å². The smallest absolute Gasteiger partial charge is 0.0643 e. The van der Waals surface area contributed by atoms with Gasteiger partial charge in [-0.25, -0.2) is 0 Å². The molecule has 4 nitrogen and oxygen atoms in total. The molecule has 0 fully saturated rings. The highest BCUT2D eigenvalue weighted by Crippen LogP contribution is 2.09. The van der Waals surface area contributed by atoms with Crippen molar-refractivity contribution in [2.75, 3.05) is 5.73 Å². The van der Waals surface area contributed by atoms with E-state index in [4.69, 9.17) is 5.73 Å². The molecule has 1 heterocycles. The van der Waals surface area contributed by atoms with E-state index in [9.17, 15) is 9.90 Å². The van der Waals surface area contributed by atoms with E-state index < -0.39 is 5.97 Å². The Kier molecular flexibility index (Phi) is 2.42. The molecule has 1 rings (SSSR count). The summed E-state index contributed by atoms with van der Waals surface area (Å²) in [5.74, 6) is -1.25. The third kappa shape index (κ3) is 2.09. The Labute approximate surface area is 69.4 Å². The van der Waals surface area contributed by atoms with Gasteiger partial charge >= 0.3 is 0 Å². The van der Waals surface area contributed by atoms with Gasteiger partial charge in [-0.1, -0.05) is 0 Å². The number of hydrogen-bond acceptors (Lipinski definition) is 4. The van der Waals surface area contributed by atoms with Crippen LogP contribution < -0.4 is 10.8 Å². The molecule has 0 saturated heterocycles. The Morgan fingerprint density at radius 2 is 2.42 bits per heavy atom. The maximum atomic E-state index is 10.0. The van der Waals surface area contributed by atoms with Gasteiger partial charge in [0, 0.05) is 23.6 Å². The molecule has 62 valence electrons. The standard InChI is InChI=1S/C8H8N2O2/c9-7-3-4-10-5-6(7)1-2-8(11)12/h1-5H,(H2,9,10)(H,11,12)/p-1. The van der Waals surface area contributed by atoms with Gasteiger partial charge in [-0.2, -0.15) is 0 Å². The molecule has 0 aromatic carbocycles. The first-order chi connectivity index (χ1) is 5.70. The average Bonchev–Trinajstić information content (AvgIpc) is 2.03. The number of carbonyl (C=O) groups is 1. The van der Waals surface area contributed by atoms with E-state index in [2.05, 4.69) is 4.98 Å². The van der Waals surface area contributed by atoms with Crippen LogP contribution in [-0.4, -0.2) is 11.0 Å². The van der Waals surface area contributed by atoms with Crippen LogP contribution in [0, 0.1) is 0 Å². The number of nitrogens with zero attached hydrogens (tertiary/aromatic N) is 1. The zero-order valence-electron chi connectivity index (χ0n) is 6.23. The van der Waals surface area contributed by atoms with Gasteiger partial charge in [0.2, 0.25) is 0 Å². The van der Waals surface area contributed by atoms with Crippen LogP contribution >= 0.6 is 0 Å². The second-order valence-corrected chi connectivity index (χ2v) is 2.16. The molecule has 4 heteroatoms. The molecule has 0 aliphatic rings. The van der Waals surface area contributed by atoms with Crippen LogP contribution in [0.15, 0.2) is 24.5 Å². The summed E-state index contributed by atoms with van der Waals surface area (Å²) in [4.78, 5) is 13.8. The maximum Gasteiger partial charge on any atom is 0.0643 e. The van der Waals surface area contributed by atoms with Gasteiger partial charge in [0.05, 0.1) is 5.97 Å². The summed E-state index contributed by atoms with van der Waals surface area (Å²) in [7, 11) is 0. The number of anilines is 1. The average molecular weight is 163 g/mol. The third-order valence-electron chi connectivity index (χ3n) is 1.29. The van der Waals surface area contributed by atoms with E-state index in [1.54, 1.807) is 6.07 Å². The number of pyridine rings is 1. The summed E-state index contributed by atoms with van der Waals surface area (Å²) in [5.41, 5.74) is 6.56. The van der Waals surface area contributed by atoms with E-state index in [1.807, 2.05) is 0 Å². The summed E-state index contributed by atoms with van der Waals surface area (Å²) in [6.07, 6.45) is 5.27. The molecule has 0 aliphatic carbocycles. The fraction of sp³-hybridized carbons (Fsp3) is 0. The molecule has 0 spiro atoms. The predicted octanol–water partition coefficient (Wildman–Crippen LogP) is -0.573. The summed E-state index contributed by atoms with van der Waals surface area (Å²) >= 11 is 0. The molecule has 2 N–H and O–H groups in total. The second-order valence-electron chi connectivity index (χ2n) is 2.16. The highest BCUT2D eigenvalue weighted by Gasteiger charge is 1.91. The Hall–Kier alpha value is -1.84. The van der Waals surface area contributed by atoms with Crippen LogP contribution in [0.25, 0.3) is 6.08 Å². The lowest BCUT2D eigenvalue weighted by Gasteiger charge is -1.97. The number of carboxylic acid groups (broad SMARTS) is 1. The number of nitrogen functional groups attached to an aromatic ring is 1. The fourth-order valence-corrected chi connectivity index (χ4v) is 0.715. The molecule has 1 aromatic rings. The van der Waals surface area contributed by atoms with Crippen LogP contribution in [0.1, 0.15) is 5.56 Å². The molecule has 0 unspecified atom stereocenters. The van der Waals surface area contributed by atoms with Crippen molar-refractivity contribution in [2.24, 2.45) is 0 Å². The first-order valence-corrected chi connectivity index (χ1v) is 3.28. The van der Waals surface area contributed by atoms with Crippen molar-refractivity contribution >= 4 is 17.7 Å². The Bertz CT molecular complexity index is 321. The minimum absolute atomic E-state index is 0.488. The molecular weight excluding hydrogens is 156 g/mol. The minimum Gasteiger partial charge on any atom is -0.545 e. The highest BCUT2D eigenvalue weighted by molar-refractivity contribution is 5.84. The van der Waals surface area contributed by atoms with Crippen molar-refractivity contribution in [3.05, 3.63) is 30.1 Å². The van der Waals surface area contributed by atoms with Crippen molar-refractivity contribution in [1.82, 2.24) is 4.98 Å². The summed E-state index contributed by atoms with van der Waals surface area (Å²) < 4.78 is 0. The molecule has 0 aliphatic heterocycles. The second kappa shape index (κ2) is 3.52. The van der Waals surface area contributed by atoms with Gasteiger partial charge in [0.1, 0.15) is 0 Å². The van der Waals surface area contributed by atoms with Crippen molar-refractivity contribution in [1.29, 1.82) is 0 Å². The van der Waals surface area contributed by atoms with Crippen LogP contribution in [0.4, 0.5) is 5.69 Å². The monoisotopic (exact) mass is 163 g/mol. The summed E-state index contributed by atoms with van der Waals surface area (Å²) in [6.45, 7) is 0. The third-order valence-corrected chi connectivity index (χ3v) is 1.29. The van der Waals surface area contributed by atoms with Crippen molar-refractivity contribution in [3.8, 4) is 0 Å². The Morgan fingerprint density at radius 3 is 3.00 bits per heavy atom. The van der Waals surface area contributed by atoms with Crippen LogP contribution in [0.2, 0.25) is 0 Å². The quantitative estimate of drug-likeness (QED) is 0.592. The molecule has 0 atom stereocenters. The molecule has 0 amide bonds.